The summed E-state index contributed by atoms with van der Waals surface area (Å²) < 4.78 is 47.5. The van der Waals surface area contributed by atoms with Crippen LogP contribution in [0.25, 0.3) is 0 Å². The van der Waals surface area contributed by atoms with Gasteiger partial charge in [-0.15, -0.1) is 0 Å². The molecule has 1 fully saturated rings. The summed E-state index contributed by atoms with van der Waals surface area (Å²) in [6.07, 6.45) is 4.96. The minimum absolute atomic E-state index is 0.000202. The molecule has 3 aromatic rings. The molecule has 0 spiro atoms. The summed E-state index contributed by atoms with van der Waals surface area (Å²) in [6, 6.07) is 19.0. The average Bonchev–Trinajstić information content (AvgIpc) is 3.00. The maximum Gasteiger partial charge on any atom is 0.264 e. The molecule has 218 valence electrons. The van der Waals surface area contributed by atoms with Gasteiger partial charge in [-0.1, -0.05) is 49.6 Å². The van der Waals surface area contributed by atoms with E-state index in [1.165, 1.54) is 36.3 Å². The Morgan fingerprint density at radius 2 is 1.59 bits per heavy atom. The molecule has 0 aromatic heterocycles. The molecule has 10 heteroatoms. The molecule has 0 heterocycles. The van der Waals surface area contributed by atoms with Gasteiger partial charge in [0.1, 0.15) is 24.2 Å². The maximum atomic E-state index is 14.0. The largest absolute Gasteiger partial charge is 0.497 e. The Morgan fingerprint density at radius 3 is 2.20 bits per heavy atom. The number of nitrogens with zero attached hydrogens (tertiary/aromatic N) is 2. The number of anilines is 1. The molecule has 1 unspecified atom stereocenters. The molecular weight excluding hydrogens is 545 g/mol. The topological polar surface area (TPSA) is 96.0 Å². The number of hydrogen-bond donors (Lipinski definition) is 1. The van der Waals surface area contributed by atoms with Crippen molar-refractivity contribution in [2.75, 3.05) is 18.0 Å². The lowest BCUT2D eigenvalue weighted by Crippen LogP contribution is -2.53. The molecular formula is C31H36FN3O5S. The molecule has 2 amide bonds. The number of nitrogens with one attached hydrogen (secondary N) is 1. The van der Waals surface area contributed by atoms with Crippen molar-refractivity contribution in [3.8, 4) is 5.75 Å². The SMILES string of the molecule is COc1ccc(N(CC(=O)N(Cc2ccc(F)cc2)C(C)C(=O)NC2CCCCC2)S(=O)(=O)c2ccccc2)cc1. The second-order valence-electron chi connectivity index (χ2n) is 10.2. The summed E-state index contributed by atoms with van der Waals surface area (Å²) in [4.78, 5) is 28.7. The number of methoxy groups -OCH3 is 1. The van der Waals surface area contributed by atoms with Crippen LogP contribution in [0.1, 0.15) is 44.6 Å². The van der Waals surface area contributed by atoms with Gasteiger partial charge in [-0.3, -0.25) is 13.9 Å². The third-order valence-corrected chi connectivity index (χ3v) is 9.14. The highest BCUT2D eigenvalue weighted by molar-refractivity contribution is 7.92. The van der Waals surface area contributed by atoms with Crippen LogP contribution in [0.5, 0.6) is 5.75 Å². The van der Waals surface area contributed by atoms with Crippen LogP contribution in [0.15, 0.2) is 83.8 Å². The predicted molar refractivity (Wildman–Crippen MR) is 155 cm³/mol. The van der Waals surface area contributed by atoms with Gasteiger partial charge in [0.2, 0.25) is 11.8 Å². The van der Waals surface area contributed by atoms with Crippen LogP contribution in [-0.4, -0.2) is 50.9 Å². The van der Waals surface area contributed by atoms with E-state index >= 15 is 0 Å². The van der Waals surface area contributed by atoms with Gasteiger partial charge in [0.05, 0.1) is 17.7 Å². The fraction of sp³-hybridized carbons (Fsp3) is 0.355. The quantitative estimate of drug-likeness (QED) is 0.348. The fourth-order valence-electron chi connectivity index (χ4n) is 4.93. The van der Waals surface area contributed by atoms with E-state index in [-0.39, 0.29) is 29.1 Å². The molecule has 0 bridgehead atoms. The van der Waals surface area contributed by atoms with Crippen molar-refractivity contribution in [2.24, 2.45) is 0 Å². The van der Waals surface area contributed by atoms with Crippen molar-refractivity contribution in [3.63, 3.8) is 0 Å². The van der Waals surface area contributed by atoms with Crippen LogP contribution in [0.4, 0.5) is 10.1 Å². The number of benzene rings is 3. The molecule has 4 rings (SSSR count). The Hall–Kier alpha value is -3.92. The second kappa shape index (κ2) is 13.6. The normalized spacial score (nSPS) is 14.6. The van der Waals surface area contributed by atoms with Crippen LogP contribution in [0.2, 0.25) is 0 Å². The smallest absolute Gasteiger partial charge is 0.264 e. The van der Waals surface area contributed by atoms with E-state index in [1.807, 2.05) is 0 Å². The lowest BCUT2D eigenvalue weighted by Gasteiger charge is -2.33. The van der Waals surface area contributed by atoms with E-state index in [2.05, 4.69) is 5.32 Å². The number of sulfonamides is 1. The zero-order valence-corrected chi connectivity index (χ0v) is 24.1. The highest BCUT2D eigenvalue weighted by Gasteiger charge is 2.33. The van der Waals surface area contributed by atoms with Gasteiger partial charge in [-0.25, -0.2) is 12.8 Å². The molecule has 0 saturated heterocycles. The van der Waals surface area contributed by atoms with Crippen molar-refractivity contribution in [3.05, 3.63) is 90.2 Å². The summed E-state index contributed by atoms with van der Waals surface area (Å²) in [5.74, 6) is -0.775. The van der Waals surface area contributed by atoms with Gasteiger partial charge in [0.25, 0.3) is 10.0 Å². The third-order valence-electron chi connectivity index (χ3n) is 7.36. The Kier molecular flexibility index (Phi) is 9.99. The Balaban J connectivity index is 1.66. The van der Waals surface area contributed by atoms with Crippen LogP contribution in [-0.2, 0) is 26.2 Å². The first-order valence-electron chi connectivity index (χ1n) is 13.7. The van der Waals surface area contributed by atoms with Gasteiger partial charge in [-0.2, -0.15) is 0 Å². The van der Waals surface area contributed by atoms with E-state index in [1.54, 1.807) is 61.5 Å². The summed E-state index contributed by atoms with van der Waals surface area (Å²) in [7, 11) is -2.65. The van der Waals surface area contributed by atoms with Gasteiger partial charge in [0.15, 0.2) is 0 Å². The summed E-state index contributed by atoms with van der Waals surface area (Å²) in [5.41, 5.74) is 0.878. The van der Waals surface area contributed by atoms with E-state index in [4.69, 9.17) is 4.74 Å². The van der Waals surface area contributed by atoms with Crippen molar-refractivity contribution in [1.82, 2.24) is 10.2 Å². The van der Waals surface area contributed by atoms with Crippen LogP contribution in [0.3, 0.4) is 0 Å². The summed E-state index contributed by atoms with van der Waals surface area (Å²) in [6.45, 7) is 1.08. The molecule has 1 aliphatic rings. The first-order valence-corrected chi connectivity index (χ1v) is 15.2. The van der Waals surface area contributed by atoms with Gasteiger partial charge < -0.3 is 15.0 Å². The first-order chi connectivity index (χ1) is 19.7. The molecule has 0 radical (unpaired) electrons. The van der Waals surface area contributed by atoms with Crippen molar-refractivity contribution in [2.45, 2.75) is 62.6 Å². The minimum Gasteiger partial charge on any atom is -0.497 e. The zero-order valence-electron chi connectivity index (χ0n) is 23.3. The molecule has 1 N–H and O–H groups in total. The highest BCUT2D eigenvalue weighted by Crippen LogP contribution is 2.26. The average molecular weight is 582 g/mol. The molecule has 8 nitrogen and oxygen atoms in total. The maximum absolute atomic E-state index is 14.0. The number of halogens is 1. The minimum atomic E-state index is -4.15. The number of amides is 2. The molecule has 0 aliphatic heterocycles. The van der Waals surface area contributed by atoms with E-state index in [0.29, 0.717) is 11.3 Å². The molecule has 1 saturated carbocycles. The Morgan fingerprint density at radius 1 is 0.951 bits per heavy atom. The van der Waals surface area contributed by atoms with E-state index < -0.39 is 34.3 Å². The van der Waals surface area contributed by atoms with Gasteiger partial charge in [-0.05, 0) is 73.9 Å². The monoisotopic (exact) mass is 581 g/mol. The van der Waals surface area contributed by atoms with Crippen LogP contribution in [0, 0.1) is 5.82 Å². The van der Waals surface area contributed by atoms with Gasteiger partial charge >= 0.3 is 0 Å². The first kappa shape index (κ1) is 30.0. The second-order valence-corrected chi connectivity index (χ2v) is 12.1. The number of carbonyl (C=O) groups excluding carboxylic acids is 2. The van der Waals surface area contributed by atoms with Gasteiger partial charge in [0, 0.05) is 12.6 Å². The van der Waals surface area contributed by atoms with Crippen molar-refractivity contribution >= 4 is 27.5 Å². The van der Waals surface area contributed by atoms with Crippen molar-refractivity contribution < 1.29 is 27.1 Å². The number of rotatable bonds is 11. The summed E-state index contributed by atoms with van der Waals surface area (Å²) in [5, 5.41) is 3.06. The molecule has 41 heavy (non-hydrogen) atoms. The fourth-order valence-corrected chi connectivity index (χ4v) is 6.37. The number of carbonyl (C=O) groups is 2. The lowest BCUT2D eigenvalue weighted by molar-refractivity contribution is -0.139. The van der Waals surface area contributed by atoms with Crippen LogP contribution >= 0.6 is 0 Å². The summed E-state index contributed by atoms with van der Waals surface area (Å²) >= 11 is 0. The van der Waals surface area contributed by atoms with E-state index in [9.17, 15) is 22.4 Å². The molecule has 3 aromatic carbocycles. The number of hydrogen-bond acceptors (Lipinski definition) is 5. The van der Waals surface area contributed by atoms with Crippen LogP contribution < -0.4 is 14.4 Å². The third kappa shape index (κ3) is 7.64. The molecule has 1 atom stereocenters. The molecule has 1 aliphatic carbocycles. The van der Waals surface area contributed by atoms with E-state index in [0.717, 1.165) is 36.4 Å². The Labute approximate surface area is 241 Å². The zero-order chi connectivity index (χ0) is 29.4. The Bertz CT molecular complexity index is 1410. The lowest BCUT2D eigenvalue weighted by atomic mass is 9.95. The predicted octanol–water partition coefficient (Wildman–Crippen LogP) is 4.90. The highest BCUT2D eigenvalue weighted by atomic mass is 32.2. The number of ether oxygens (including phenoxy) is 1. The standard InChI is InChI=1S/C31H36FN3O5S/c1-23(31(37)33-26-9-5-3-6-10-26)34(21-24-13-15-25(32)16-14-24)30(36)22-35(27-17-19-28(40-2)20-18-27)41(38,39)29-11-7-4-8-12-29/h4,7-8,11-20,23,26H,3,5-6,9-10,21-22H2,1-2H3,(H,33,37). The van der Waals surface area contributed by atoms with Crippen molar-refractivity contribution in [1.29, 1.82) is 0 Å².